The molecule has 0 unspecified atom stereocenters. The van der Waals surface area contributed by atoms with Gasteiger partial charge in [-0.3, -0.25) is 0 Å². The summed E-state index contributed by atoms with van der Waals surface area (Å²) in [5, 5.41) is 2.30. The van der Waals surface area contributed by atoms with Gasteiger partial charge in [0.05, 0.1) is 0 Å². The number of alkyl halides is 1. The van der Waals surface area contributed by atoms with E-state index in [1.807, 2.05) is 0 Å². The molecule has 0 bridgehead atoms. The zero-order valence-electron chi connectivity index (χ0n) is 8.04. The van der Waals surface area contributed by atoms with Crippen LogP contribution in [0.3, 0.4) is 0 Å². The average molecular weight is 251 g/mol. The van der Waals surface area contributed by atoms with Crippen molar-refractivity contribution in [1.82, 2.24) is 4.57 Å². The fraction of sp³-hybridized carbons (Fsp3) is 0.250. The number of para-hydroxylation sites is 1. The van der Waals surface area contributed by atoms with Gasteiger partial charge in [0.1, 0.15) is 0 Å². The number of aromatic nitrogens is 1. The van der Waals surface area contributed by atoms with Crippen LogP contribution in [0.1, 0.15) is 5.69 Å². The van der Waals surface area contributed by atoms with E-state index in [4.69, 9.17) is 0 Å². The Labute approximate surface area is 92.9 Å². The van der Waals surface area contributed by atoms with Crippen LogP contribution in [0.5, 0.6) is 0 Å². The number of hydrogen-bond acceptors (Lipinski definition) is 0. The van der Waals surface area contributed by atoms with Crippen LogP contribution in [0.15, 0.2) is 30.3 Å². The van der Waals surface area contributed by atoms with Crippen LogP contribution in [-0.2, 0) is 13.0 Å². The summed E-state index contributed by atoms with van der Waals surface area (Å²) in [5.74, 6) is 0. The van der Waals surface area contributed by atoms with E-state index in [9.17, 15) is 0 Å². The van der Waals surface area contributed by atoms with E-state index in [0.29, 0.717) is 0 Å². The summed E-state index contributed by atoms with van der Waals surface area (Å²) < 4.78 is 2.33. The monoisotopic (exact) mass is 250 g/mol. The number of aryl methyl sites for hydroxylation is 1. The van der Waals surface area contributed by atoms with Crippen molar-refractivity contribution >= 4 is 26.8 Å². The van der Waals surface area contributed by atoms with E-state index >= 15 is 0 Å². The highest BCUT2D eigenvalue weighted by molar-refractivity contribution is 9.09. The van der Waals surface area contributed by atoms with Crippen LogP contribution in [0.25, 0.3) is 10.9 Å². The first kappa shape index (κ1) is 9.78. The standard InChI is InChI=1S/C12H13BrN/c1-2-11-9-10-5-3-4-6-12(10)14(11)8-7-13/h3-6,9H,1-2,7-8H2. The number of benzene rings is 1. The minimum atomic E-state index is 0.849. The lowest BCUT2D eigenvalue weighted by Gasteiger charge is -2.06. The lowest BCUT2D eigenvalue weighted by Crippen LogP contribution is -2.02. The predicted octanol–water partition coefficient (Wildman–Crippen LogP) is 3.41. The molecule has 0 atom stereocenters. The zero-order chi connectivity index (χ0) is 9.97. The molecule has 0 aliphatic rings. The van der Waals surface area contributed by atoms with Crippen LogP contribution >= 0.6 is 15.9 Å². The molecule has 1 nitrogen and oxygen atoms in total. The van der Waals surface area contributed by atoms with Crippen LogP contribution in [0.2, 0.25) is 0 Å². The Morgan fingerprint density at radius 1 is 1.29 bits per heavy atom. The van der Waals surface area contributed by atoms with Crippen molar-refractivity contribution in [1.29, 1.82) is 0 Å². The van der Waals surface area contributed by atoms with E-state index in [0.717, 1.165) is 18.3 Å². The van der Waals surface area contributed by atoms with Gasteiger partial charge >= 0.3 is 0 Å². The molecule has 0 saturated carbocycles. The number of nitrogens with zero attached hydrogens (tertiary/aromatic N) is 1. The third-order valence-electron chi connectivity index (χ3n) is 2.46. The molecule has 1 aromatic carbocycles. The van der Waals surface area contributed by atoms with Crippen LogP contribution in [-0.4, -0.2) is 9.90 Å². The molecule has 2 aromatic rings. The first-order chi connectivity index (χ1) is 6.86. The maximum Gasteiger partial charge on any atom is 0.0482 e. The van der Waals surface area contributed by atoms with E-state index < -0.39 is 0 Å². The van der Waals surface area contributed by atoms with E-state index in [1.165, 1.54) is 16.6 Å². The van der Waals surface area contributed by atoms with Gasteiger partial charge in [-0.1, -0.05) is 34.1 Å². The van der Waals surface area contributed by atoms with Crippen molar-refractivity contribution in [3.8, 4) is 0 Å². The number of rotatable bonds is 3. The van der Waals surface area contributed by atoms with Gasteiger partial charge in [-0.15, -0.1) is 0 Å². The fourth-order valence-corrected chi connectivity index (χ4v) is 2.18. The second-order valence-corrected chi connectivity index (χ2v) is 4.08. The van der Waals surface area contributed by atoms with Crippen LogP contribution in [0, 0.1) is 6.92 Å². The summed E-state index contributed by atoms with van der Waals surface area (Å²) in [6.45, 7) is 4.97. The fourth-order valence-electron chi connectivity index (χ4n) is 1.82. The molecule has 0 aliphatic carbocycles. The topological polar surface area (TPSA) is 4.93 Å². The van der Waals surface area contributed by atoms with E-state index in [2.05, 4.69) is 57.8 Å². The smallest absolute Gasteiger partial charge is 0.0482 e. The molecule has 2 heteroatoms. The molecule has 14 heavy (non-hydrogen) atoms. The molecule has 0 saturated heterocycles. The summed E-state index contributed by atoms with van der Waals surface area (Å²) in [4.78, 5) is 0. The zero-order valence-corrected chi connectivity index (χ0v) is 9.63. The maximum absolute atomic E-state index is 3.96. The first-order valence-corrected chi connectivity index (χ1v) is 5.91. The summed E-state index contributed by atoms with van der Waals surface area (Å²) in [7, 11) is 0. The predicted molar refractivity (Wildman–Crippen MR) is 64.8 cm³/mol. The lowest BCUT2D eigenvalue weighted by atomic mass is 10.2. The van der Waals surface area contributed by atoms with E-state index in [1.54, 1.807) is 0 Å². The minimum Gasteiger partial charge on any atom is -0.344 e. The van der Waals surface area contributed by atoms with Gasteiger partial charge in [-0.25, -0.2) is 0 Å². The van der Waals surface area contributed by atoms with Gasteiger partial charge in [0.15, 0.2) is 0 Å². The Morgan fingerprint density at radius 3 is 2.79 bits per heavy atom. The number of fused-ring (bicyclic) bond motifs is 1. The number of halogens is 1. The third-order valence-corrected chi connectivity index (χ3v) is 2.82. The van der Waals surface area contributed by atoms with Gasteiger partial charge in [-0.2, -0.15) is 0 Å². The molecule has 0 N–H and O–H groups in total. The van der Waals surface area contributed by atoms with Crippen LogP contribution in [0.4, 0.5) is 0 Å². The molecule has 2 rings (SSSR count). The lowest BCUT2D eigenvalue weighted by molar-refractivity contribution is 0.767. The van der Waals surface area contributed by atoms with E-state index in [-0.39, 0.29) is 0 Å². The molecule has 0 spiro atoms. The molecule has 0 fully saturated rings. The highest BCUT2D eigenvalue weighted by Gasteiger charge is 2.05. The summed E-state index contributed by atoms with van der Waals surface area (Å²) in [6, 6.07) is 10.7. The van der Waals surface area contributed by atoms with Gasteiger partial charge in [0.2, 0.25) is 0 Å². The molecular formula is C12H13BrN. The van der Waals surface area contributed by atoms with Crippen molar-refractivity contribution in [3.63, 3.8) is 0 Å². The molecule has 0 aliphatic heterocycles. The first-order valence-electron chi connectivity index (χ1n) is 4.79. The van der Waals surface area contributed by atoms with Gasteiger partial charge in [-0.05, 0) is 30.9 Å². The molecular weight excluding hydrogens is 238 g/mol. The molecule has 1 aromatic heterocycles. The quantitative estimate of drug-likeness (QED) is 0.736. The Morgan fingerprint density at radius 2 is 2.07 bits per heavy atom. The van der Waals surface area contributed by atoms with Crippen molar-refractivity contribution in [2.45, 2.75) is 13.0 Å². The van der Waals surface area contributed by atoms with Crippen molar-refractivity contribution in [3.05, 3.63) is 42.9 Å². The maximum atomic E-state index is 3.96. The van der Waals surface area contributed by atoms with Crippen LogP contribution < -0.4 is 0 Å². The molecule has 0 amide bonds. The Bertz CT molecular complexity index is 431. The highest BCUT2D eigenvalue weighted by Crippen LogP contribution is 2.20. The summed E-state index contributed by atoms with van der Waals surface area (Å²) in [6.07, 6.45) is 0.849. The van der Waals surface area contributed by atoms with Gasteiger partial charge < -0.3 is 4.57 Å². The Hall–Kier alpha value is -0.760. The van der Waals surface area contributed by atoms with Crippen molar-refractivity contribution in [2.24, 2.45) is 0 Å². The Kier molecular flexibility index (Phi) is 2.92. The SMILES string of the molecule is [CH2]Cc1cc2ccccc2n1CCBr. The second-order valence-electron chi connectivity index (χ2n) is 3.29. The summed E-state index contributed by atoms with van der Waals surface area (Å²) >= 11 is 3.48. The summed E-state index contributed by atoms with van der Waals surface area (Å²) in [5.41, 5.74) is 2.62. The molecule has 1 heterocycles. The second kappa shape index (κ2) is 4.18. The highest BCUT2D eigenvalue weighted by atomic mass is 79.9. The minimum absolute atomic E-state index is 0.849. The molecule has 1 radical (unpaired) electrons. The number of hydrogen-bond donors (Lipinski definition) is 0. The largest absolute Gasteiger partial charge is 0.344 e. The third kappa shape index (κ3) is 1.59. The normalized spacial score (nSPS) is 11.0. The molecule has 73 valence electrons. The Balaban J connectivity index is 2.61. The average Bonchev–Trinajstić information content (AvgIpc) is 2.58. The van der Waals surface area contributed by atoms with Crippen molar-refractivity contribution < 1.29 is 0 Å². The van der Waals surface area contributed by atoms with Gasteiger partial charge in [0.25, 0.3) is 0 Å². The van der Waals surface area contributed by atoms with Gasteiger partial charge in [0, 0.05) is 23.1 Å². The van der Waals surface area contributed by atoms with Crippen molar-refractivity contribution in [2.75, 3.05) is 5.33 Å².